The standard InChI is InChI=1S/C18H27N3O2/c1-19-17(20-12-18(7-9-22)8-10-23-13-18)21-16-11-15(16)14-5-3-2-4-6-14/h2-6,15-16,22H,7-13H2,1H3,(H2,19,20,21). The van der Waals surface area contributed by atoms with Gasteiger partial charge in [0.2, 0.25) is 0 Å². The van der Waals surface area contributed by atoms with E-state index in [-0.39, 0.29) is 12.0 Å². The van der Waals surface area contributed by atoms with Crippen molar-refractivity contribution in [3.63, 3.8) is 0 Å². The zero-order valence-corrected chi connectivity index (χ0v) is 13.8. The summed E-state index contributed by atoms with van der Waals surface area (Å²) in [4.78, 5) is 4.34. The molecule has 1 aromatic rings. The number of aliphatic hydroxyl groups is 1. The lowest BCUT2D eigenvalue weighted by Gasteiger charge is -2.27. The second kappa shape index (κ2) is 7.32. The van der Waals surface area contributed by atoms with Crippen LogP contribution in [0.3, 0.4) is 0 Å². The van der Waals surface area contributed by atoms with Crippen LogP contribution in [0.4, 0.5) is 0 Å². The third-order valence-corrected chi connectivity index (χ3v) is 5.02. The number of ether oxygens (including phenoxy) is 1. The van der Waals surface area contributed by atoms with Crippen LogP contribution >= 0.6 is 0 Å². The lowest BCUT2D eigenvalue weighted by Crippen LogP contribution is -2.45. The number of nitrogens with one attached hydrogen (secondary N) is 2. The van der Waals surface area contributed by atoms with Crippen molar-refractivity contribution in [1.29, 1.82) is 0 Å². The Morgan fingerprint density at radius 1 is 1.39 bits per heavy atom. The van der Waals surface area contributed by atoms with Gasteiger partial charge in [-0.05, 0) is 24.8 Å². The summed E-state index contributed by atoms with van der Waals surface area (Å²) in [7, 11) is 1.80. The molecule has 1 saturated carbocycles. The van der Waals surface area contributed by atoms with Crippen LogP contribution in [0.25, 0.3) is 0 Å². The van der Waals surface area contributed by atoms with E-state index in [9.17, 15) is 5.11 Å². The van der Waals surface area contributed by atoms with Gasteiger partial charge in [0.1, 0.15) is 0 Å². The Morgan fingerprint density at radius 2 is 2.22 bits per heavy atom. The van der Waals surface area contributed by atoms with E-state index >= 15 is 0 Å². The molecule has 1 saturated heterocycles. The Hall–Kier alpha value is -1.59. The molecule has 0 aromatic heterocycles. The van der Waals surface area contributed by atoms with Crippen molar-refractivity contribution in [2.75, 3.05) is 33.4 Å². The number of hydrogen-bond acceptors (Lipinski definition) is 3. The first kappa shape index (κ1) is 16.3. The van der Waals surface area contributed by atoms with E-state index < -0.39 is 0 Å². The predicted octanol–water partition coefficient (Wildman–Crippen LogP) is 1.50. The maximum atomic E-state index is 9.30. The number of guanidine groups is 1. The third kappa shape index (κ3) is 4.03. The van der Waals surface area contributed by atoms with Gasteiger partial charge in [-0.25, -0.2) is 0 Å². The highest BCUT2D eigenvalue weighted by molar-refractivity contribution is 5.80. The second-order valence-electron chi connectivity index (χ2n) is 6.71. The molecule has 1 aliphatic heterocycles. The van der Waals surface area contributed by atoms with Crippen molar-refractivity contribution in [3.05, 3.63) is 35.9 Å². The van der Waals surface area contributed by atoms with Gasteiger partial charge in [-0.2, -0.15) is 0 Å². The van der Waals surface area contributed by atoms with Crippen molar-refractivity contribution >= 4 is 5.96 Å². The van der Waals surface area contributed by atoms with Crippen LogP contribution in [0.2, 0.25) is 0 Å². The van der Waals surface area contributed by atoms with E-state index in [4.69, 9.17) is 4.74 Å². The molecule has 5 heteroatoms. The summed E-state index contributed by atoms with van der Waals surface area (Å²) in [6, 6.07) is 11.1. The van der Waals surface area contributed by atoms with Gasteiger partial charge in [0.25, 0.3) is 0 Å². The quantitative estimate of drug-likeness (QED) is 0.549. The minimum absolute atomic E-state index is 0.0365. The van der Waals surface area contributed by atoms with Crippen LogP contribution in [-0.2, 0) is 4.74 Å². The lowest BCUT2D eigenvalue weighted by molar-refractivity contribution is 0.127. The molecule has 1 heterocycles. The third-order valence-electron chi connectivity index (χ3n) is 5.02. The summed E-state index contributed by atoms with van der Waals surface area (Å²) >= 11 is 0. The number of aliphatic imine (C=N–C) groups is 1. The molecule has 23 heavy (non-hydrogen) atoms. The van der Waals surface area contributed by atoms with E-state index in [1.807, 2.05) is 0 Å². The molecule has 3 N–H and O–H groups in total. The summed E-state index contributed by atoms with van der Waals surface area (Å²) < 4.78 is 5.54. The number of hydrogen-bond donors (Lipinski definition) is 3. The number of aliphatic hydroxyl groups excluding tert-OH is 1. The van der Waals surface area contributed by atoms with Gasteiger partial charge in [-0.15, -0.1) is 0 Å². The first-order chi connectivity index (χ1) is 11.3. The monoisotopic (exact) mass is 317 g/mol. The van der Waals surface area contributed by atoms with E-state index in [1.54, 1.807) is 7.05 Å². The number of rotatable bonds is 6. The minimum Gasteiger partial charge on any atom is -0.396 e. The van der Waals surface area contributed by atoms with Gasteiger partial charge in [0, 0.05) is 44.2 Å². The van der Waals surface area contributed by atoms with Gasteiger partial charge < -0.3 is 20.5 Å². The van der Waals surface area contributed by atoms with Gasteiger partial charge in [0.15, 0.2) is 5.96 Å². The van der Waals surface area contributed by atoms with E-state index in [1.165, 1.54) is 5.56 Å². The van der Waals surface area contributed by atoms with Crippen LogP contribution in [0.5, 0.6) is 0 Å². The molecule has 3 unspecified atom stereocenters. The Bertz CT molecular complexity index is 526. The molecular formula is C18H27N3O2. The van der Waals surface area contributed by atoms with Crippen LogP contribution in [-0.4, -0.2) is 50.5 Å². The minimum atomic E-state index is 0.0365. The summed E-state index contributed by atoms with van der Waals surface area (Å²) in [5.74, 6) is 1.42. The Balaban J connectivity index is 1.50. The fourth-order valence-electron chi connectivity index (χ4n) is 3.38. The molecule has 0 bridgehead atoms. The average molecular weight is 317 g/mol. The maximum absolute atomic E-state index is 9.30. The number of benzene rings is 1. The first-order valence-electron chi connectivity index (χ1n) is 8.47. The van der Waals surface area contributed by atoms with Gasteiger partial charge in [-0.1, -0.05) is 30.3 Å². The molecule has 3 atom stereocenters. The topological polar surface area (TPSA) is 65.9 Å². The highest BCUT2D eigenvalue weighted by Crippen LogP contribution is 2.40. The fraction of sp³-hybridized carbons (Fsp3) is 0.611. The largest absolute Gasteiger partial charge is 0.396 e. The van der Waals surface area contributed by atoms with Crippen molar-refractivity contribution in [3.8, 4) is 0 Å². The normalized spacial score (nSPS) is 30.3. The van der Waals surface area contributed by atoms with Crippen LogP contribution in [0, 0.1) is 5.41 Å². The smallest absolute Gasteiger partial charge is 0.191 e. The Labute approximate surface area is 138 Å². The molecule has 1 aliphatic carbocycles. The van der Waals surface area contributed by atoms with Gasteiger partial charge in [-0.3, -0.25) is 4.99 Å². The molecule has 126 valence electrons. The molecule has 0 amide bonds. The molecule has 3 rings (SSSR count). The molecule has 0 spiro atoms. The van der Waals surface area contributed by atoms with E-state index in [0.29, 0.717) is 18.6 Å². The molecule has 2 fully saturated rings. The van der Waals surface area contributed by atoms with Gasteiger partial charge in [0.05, 0.1) is 6.61 Å². The van der Waals surface area contributed by atoms with Crippen LogP contribution in [0.1, 0.15) is 30.7 Å². The highest BCUT2D eigenvalue weighted by Gasteiger charge is 2.39. The first-order valence-corrected chi connectivity index (χ1v) is 8.47. The zero-order chi connectivity index (χ0) is 16.1. The molecule has 1 aromatic carbocycles. The van der Waals surface area contributed by atoms with Crippen molar-refractivity contribution in [2.45, 2.75) is 31.2 Å². The summed E-state index contributed by atoms with van der Waals surface area (Å²) in [5, 5.41) is 16.2. The second-order valence-corrected chi connectivity index (χ2v) is 6.71. The average Bonchev–Trinajstić information content (AvgIpc) is 3.21. The van der Waals surface area contributed by atoms with Crippen molar-refractivity contribution < 1.29 is 9.84 Å². The fourth-order valence-corrected chi connectivity index (χ4v) is 3.38. The predicted molar refractivity (Wildman–Crippen MR) is 91.7 cm³/mol. The molecule has 0 radical (unpaired) electrons. The van der Waals surface area contributed by atoms with Crippen LogP contribution < -0.4 is 10.6 Å². The summed E-state index contributed by atoms with van der Waals surface area (Å²) in [5.41, 5.74) is 1.43. The van der Waals surface area contributed by atoms with E-state index in [0.717, 1.165) is 38.4 Å². The Morgan fingerprint density at radius 3 is 2.87 bits per heavy atom. The Kier molecular flexibility index (Phi) is 5.18. The molecular weight excluding hydrogens is 290 g/mol. The van der Waals surface area contributed by atoms with Crippen molar-refractivity contribution in [2.24, 2.45) is 10.4 Å². The SMILES string of the molecule is CN=C(NCC1(CCO)CCOC1)NC1CC1c1ccccc1. The van der Waals surface area contributed by atoms with Crippen LogP contribution in [0.15, 0.2) is 35.3 Å². The summed E-state index contributed by atoms with van der Waals surface area (Å²) in [6.07, 6.45) is 2.91. The molecule has 2 aliphatic rings. The summed E-state index contributed by atoms with van der Waals surface area (Å²) in [6.45, 7) is 2.49. The van der Waals surface area contributed by atoms with Crippen molar-refractivity contribution in [1.82, 2.24) is 10.6 Å². The highest BCUT2D eigenvalue weighted by atomic mass is 16.5. The maximum Gasteiger partial charge on any atom is 0.191 e. The zero-order valence-electron chi connectivity index (χ0n) is 13.8. The number of nitrogens with zero attached hydrogens (tertiary/aromatic N) is 1. The van der Waals surface area contributed by atoms with E-state index in [2.05, 4.69) is 46.0 Å². The molecule has 5 nitrogen and oxygen atoms in total. The lowest BCUT2D eigenvalue weighted by atomic mass is 9.84. The van der Waals surface area contributed by atoms with Gasteiger partial charge >= 0.3 is 0 Å².